The summed E-state index contributed by atoms with van der Waals surface area (Å²) in [4.78, 5) is 12.2. The average molecular weight is 434 g/mol. The fourth-order valence-corrected chi connectivity index (χ4v) is 5.11. The maximum absolute atomic E-state index is 4.41. The summed E-state index contributed by atoms with van der Waals surface area (Å²) >= 11 is 0. The van der Waals surface area contributed by atoms with Crippen molar-refractivity contribution in [2.75, 3.05) is 55.6 Å². The highest BCUT2D eigenvalue weighted by Crippen LogP contribution is 2.28. The van der Waals surface area contributed by atoms with Crippen LogP contribution >= 0.6 is 0 Å². The number of hydrogen-bond acceptors (Lipinski definition) is 4. The normalized spacial score (nSPS) is 18.0. The molecule has 0 radical (unpaired) electrons. The molecule has 2 aliphatic rings. The van der Waals surface area contributed by atoms with E-state index in [1.165, 1.54) is 55.0 Å². The van der Waals surface area contributed by atoms with Crippen molar-refractivity contribution < 1.29 is 0 Å². The Labute approximate surface area is 193 Å². The molecule has 3 aromatic rings. The minimum absolute atomic E-state index is 0.823. The van der Waals surface area contributed by atoms with Crippen LogP contribution in [-0.2, 0) is 0 Å². The van der Waals surface area contributed by atoms with E-state index in [1.54, 1.807) is 0 Å². The highest BCUT2D eigenvalue weighted by molar-refractivity contribution is 5.58. The molecule has 172 valence electrons. The third-order valence-electron chi connectivity index (χ3n) is 6.92. The first kappa shape index (κ1) is 22.7. The molecule has 2 aliphatic heterocycles. The van der Waals surface area contributed by atoms with Crippen molar-refractivity contribution in [2.45, 2.75) is 40.5 Å². The van der Waals surface area contributed by atoms with E-state index < -0.39 is 0 Å². The molecule has 2 aromatic heterocycles. The number of fused-ring (bicyclic) bond motifs is 1. The van der Waals surface area contributed by atoms with Crippen molar-refractivity contribution >= 4 is 17.0 Å². The van der Waals surface area contributed by atoms with Crippen LogP contribution < -0.4 is 9.80 Å². The zero-order valence-corrected chi connectivity index (χ0v) is 20.3. The van der Waals surface area contributed by atoms with Crippen LogP contribution in [0.4, 0.5) is 11.4 Å². The third kappa shape index (κ3) is 5.09. The van der Waals surface area contributed by atoms with Crippen LogP contribution in [0.2, 0.25) is 0 Å². The zero-order chi connectivity index (χ0) is 22.5. The van der Waals surface area contributed by atoms with Gasteiger partial charge in [0.05, 0.1) is 5.69 Å². The zero-order valence-electron chi connectivity index (χ0n) is 20.3. The van der Waals surface area contributed by atoms with E-state index in [1.807, 2.05) is 26.2 Å². The molecule has 0 saturated carbocycles. The fraction of sp³-hybridized carbons (Fsp3) is 0.519. The Balaban J connectivity index is 0.00000119. The fourth-order valence-electron chi connectivity index (χ4n) is 5.11. The molecule has 2 saturated heterocycles. The molecule has 0 aliphatic carbocycles. The first-order valence-corrected chi connectivity index (χ1v) is 12.4. The van der Waals surface area contributed by atoms with Crippen molar-refractivity contribution in [2.24, 2.45) is 5.92 Å². The average Bonchev–Trinajstić information content (AvgIpc) is 3.28. The van der Waals surface area contributed by atoms with Gasteiger partial charge in [0.2, 0.25) is 0 Å². The summed E-state index contributed by atoms with van der Waals surface area (Å²) in [6.45, 7) is 16.6. The molecule has 1 aromatic carbocycles. The van der Waals surface area contributed by atoms with Gasteiger partial charge in [-0.2, -0.15) is 0 Å². The quantitative estimate of drug-likeness (QED) is 0.578. The van der Waals surface area contributed by atoms with Crippen LogP contribution in [0.5, 0.6) is 0 Å². The Morgan fingerprint density at radius 3 is 2.38 bits per heavy atom. The first-order chi connectivity index (χ1) is 15.7. The molecule has 2 fully saturated rings. The summed E-state index contributed by atoms with van der Waals surface area (Å²) in [7, 11) is 0. The highest BCUT2D eigenvalue weighted by Gasteiger charge is 2.25. The minimum Gasteiger partial charge on any atom is -0.370 e. The van der Waals surface area contributed by atoms with E-state index in [2.05, 4.69) is 74.5 Å². The number of imidazole rings is 1. The van der Waals surface area contributed by atoms with Crippen LogP contribution in [0.3, 0.4) is 0 Å². The number of aromatic nitrogens is 2. The van der Waals surface area contributed by atoms with E-state index in [4.69, 9.17) is 0 Å². The van der Waals surface area contributed by atoms with Gasteiger partial charge in [-0.05, 0) is 61.9 Å². The molecular formula is C27H39N5. The molecular weight excluding hydrogens is 394 g/mol. The van der Waals surface area contributed by atoms with Crippen LogP contribution in [-0.4, -0.2) is 60.1 Å². The van der Waals surface area contributed by atoms with Crippen molar-refractivity contribution in [1.29, 1.82) is 0 Å². The SMILES string of the molecule is CC.Cc1cccc(N2CCN(CC3CCN(c4cn5ccnc5cc4C)CC3)CC2)c1. The number of aryl methyl sites for hydroxylation is 2. The molecule has 0 spiro atoms. The third-order valence-corrected chi connectivity index (χ3v) is 6.92. The van der Waals surface area contributed by atoms with Gasteiger partial charge in [-0.15, -0.1) is 0 Å². The van der Waals surface area contributed by atoms with Crippen molar-refractivity contribution in [3.63, 3.8) is 0 Å². The van der Waals surface area contributed by atoms with Gasteiger partial charge in [-0.25, -0.2) is 4.98 Å². The van der Waals surface area contributed by atoms with Gasteiger partial charge in [0, 0.05) is 70.1 Å². The predicted octanol–water partition coefficient (Wildman–Crippen LogP) is 5.02. The molecule has 0 atom stereocenters. The molecule has 5 nitrogen and oxygen atoms in total. The Morgan fingerprint density at radius 2 is 1.66 bits per heavy atom. The second-order valence-electron chi connectivity index (χ2n) is 9.09. The van der Waals surface area contributed by atoms with Gasteiger partial charge < -0.3 is 14.2 Å². The van der Waals surface area contributed by atoms with Crippen molar-refractivity contribution in [3.8, 4) is 0 Å². The second-order valence-corrected chi connectivity index (χ2v) is 9.09. The molecule has 0 N–H and O–H groups in total. The summed E-state index contributed by atoms with van der Waals surface area (Å²) in [5.41, 5.74) is 6.47. The molecule has 5 rings (SSSR count). The molecule has 4 heterocycles. The number of rotatable bonds is 4. The second kappa shape index (κ2) is 10.4. The maximum atomic E-state index is 4.41. The van der Waals surface area contributed by atoms with Crippen LogP contribution in [0.15, 0.2) is 48.9 Å². The Kier molecular flexibility index (Phi) is 7.36. The maximum Gasteiger partial charge on any atom is 0.137 e. The summed E-state index contributed by atoms with van der Waals surface area (Å²) in [6.07, 6.45) is 8.76. The smallest absolute Gasteiger partial charge is 0.137 e. The van der Waals surface area contributed by atoms with Gasteiger partial charge >= 0.3 is 0 Å². The van der Waals surface area contributed by atoms with Gasteiger partial charge in [0.15, 0.2) is 0 Å². The molecule has 5 heteroatoms. The summed E-state index contributed by atoms with van der Waals surface area (Å²) in [5, 5.41) is 0. The molecule has 0 unspecified atom stereocenters. The van der Waals surface area contributed by atoms with E-state index >= 15 is 0 Å². The monoisotopic (exact) mass is 433 g/mol. The van der Waals surface area contributed by atoms with E-state index in [-0.39, 0.29) is 0 Å². The van der Waals surface area contributed by atoms with Gasteiger partial charge in [0.25, 0.3) is 0 Å². The molecule has 32 heavy (non-hydrogen) atoms. The predicted molar refractivity (Wildman–Crippen MR) is 136 cm³/mol. The van der Waals surface area contributed by atoms with E-state index in [0.29, 0.717) is 0 Å². The Bertz CT molecular complexity index is 994. The van der Waals surface area contributed by atoms with E-state index in [9.17, 15) is 0 Å². The highest BCUT2D eigenvalue weighted by atomic mass is 15.3. The number of pyridine rings is 1. The number of hydrogen-bond donors (Lipinski definition) is 0. The summed E-state index contributed by atoms with van der Waals surface area (Å²) < 4.78 is 2.14. The van der Waals surface area contributed by atoms with Crippen molar-refractivity contribution in [3.05, 3.63) is 60.0 Å². The number of benzene rings is 1. The van der Waals surface area contributed by atoms with Crippen LogP contribution in [0, 0.1) is 19.8 Å². The number of piperazine rings is 1. The lowest BCUT2D eigenvalue weighted by atomic mass is 9.95. The minimum atomic E-state index is 0.823. The number of anilines is 2. The molecule has 0 amide bonds. The van der Waals surface area contributed by atoms with Crippen molar-refractivity contribution in [1.82, 2.24) is 14.3 Å². The summed E-state index contributed by atoms with van der Waals surface area (Å²) in [5.74, 6) is 0.823. The number of piperidine rings is 1. The van der Waals surface area contributed by atoms with Gasteiger partial charge in [0.1, 0.15) is 5.65 Å². The Hall–Kier alpha value is -2.53. The molecule has 0 bridgehead atoms. The van der Waals surface area contributed by atoms with Crippen LogP contribution in [0.25, 0.3) is 5.65 Å². The van der Waals surface area contributed by atoms with Crippen LogP contribution in [0.1, 0.15) is 37.8 Å². The lowest BCUT2D eigenvalue weighted by Gasteiger charge is -2.40. The lowest BCUT2D eigenvalue weighted by Crippen LogP contribution is -2.49. The van der Waals surface area contributed by atoms with E-state index in [0.717, 1.165) is 37.7 Å². The topological polar surface area (TPSA) is 27.0 Å². The lowest BCUT2D eigenvalue weighted by molar-refractivity contribution is 0.201. The summed E-state index contributed by atoms with van der Waals surface area (Å²) in [6, 6.07) is 11.1. The van der Waals surface area contributed by atoms with Gasteiger partial charge in [-0.1, -0.05) is 26.0 Å². The number of nitrogens with zero attached hydrogens (tertiary/aromatic N) is 5. The van der Waals surface area contributed by atoms with Gasteiger partial charge in [-0.3, -0.25) is 4.90 Å². The first-order valence-electron chi connectivity index (χ1n) is 12.4. The Morgan fingerprint density at radius 1 is 0.906 bits per heavy atom. The standard InChI is InChI=1S/C25H33N5.C2H6/c1-20-4-3-5-23(16-20)28-14-12-27(13-15-28)18-22-6-9-29(10-7-22)24-19-30-11-8-26-25(30)17-21(24)2;1-2/h3-5,8,11,16-17,19,22H,6-7,9-10,12-15,18H2,1-2H3;1-2H3. The largest absolute Gasteiger partial charge is 0.370 e.